The minimum atomic E-state index is 0.407. The largest absolute Gasteiger partial charge is 0.386 e. The van der Waals surface area contributed by atoms with Gasteiger partial charge in [-0.2, -0.15) is 0 Å². The van der Waals surface area contributed by atoms with Crippen LogP contribution in [0.5, 0.6) is 0 Å². The van der Waals surface area contributed by atoms with Crippen LogP contribution in [0, 0.1) is 0 Å². The predicted octanol–water partition coefficient (Wildman–Crippen LogP) is 0.00740. The van der Waals surface area contributed by atoms with Crippen LogP contribution < -0.4 is 5.73 Å². The Labute approximate surface area is 47.8 Å². The van der Waals surface area contributed by atoms with Gasteiger partial charge in [0, 0.05) is 0 Å². The summed E-state index contributed by atoms with van der Waals surface area (Å²) >= 11 is 0. The van der Waals surface area contributed by atoms with Crippen LogP contribution in [0.25, 0.3) is 0 Å². The molecule has 0 saturated carbocycles. The van der Waals surface area contributed by atoms with Crippen LogP contribution in [-0.4, -0.2) is 18.9 Å². The molecule has 0 aromatic rings. The second kappa shape index (κ2) is 3.98. The van der Waals surface area contributed by atoms with Gasteiger partial charge in [0.15, 0.2) is 0 Å². The minimum absolute atomic E-state index is 0.407. The summed E-state index contributed by atoms with van der Waals surface area (Å²) in [5, 5.41) is 6.84. The topological polar surface area (TPSA) is 63.1 Å². The summed E-state index contributed by atoms with van der Waals surface area (Å²) in [6.07, 6.45) is 1.22. The van der Waals surface area contributed by atoms with E-state index < -0.39 is 0 Å². The molecule has 44 valence electrons. The molecule has 4 nitrogen and oxygen atoms in total. The molecule has 0 aromatic carbocycles. The molecule has 0 atom stereocenters. The van der Waals surface area contributed by atoms with Crippen molar-refractivity contribution in [2.75, 3.05) is 0 Å². The second-order valence-electron chi connectivity index (χ2n) is 1.15. The van der Waals surface area contributed by atoms with Gasteiger partial charge in [-0.15, -0.1) is 10.2 Å². The molecule has 8 heavy (non-hydrogen) atoms. The Hall–Kier alpha value is -1.19. The lowest BCUT2D eigenvalue weighted by Gasteiger charge is -1.78. The molecule has 0 saturated heterocycles. The van der Waals surface area contributed by atoms with Crippen molar-refractivity contribution in [1.29, 1.82) is 0 Å². The first-order chi connectivity index (χ1) is 3.77. The first kappa shape index (κ1) is 6.81. The van der Waals surface area contributed by atoms with Crippen LogP contribution in [0.4, 0.5) is 0 Å². The van der Waals surface area contributed by atoms with Gasteiger partial charge in [-0.05, 0) is 13.6 Å². The number of rotatable bonds is 2. The van der Waals surface area contributed by atoms with Gasteiger partial charge in [0.25, 0.3) is 0 Å². The van der Waals surface area contributed by atoms with E-state index in [4.69, 9.17) is 5.73 Å². The van der Waals surface area contributed by atoms with E-state index >= 15 is 0 Å². The number of aliphatic imine (C=N–C) groups is 1. The fourth-order valence-corrected chi connectivity index (χ4v) is 0.153. The van der Waals surface area contributed by atoms with Crippen LogP contribution >= 0.6 is 0 Å². The minimum Gasteiger partial charge on any atom is -0.386 e. The summed E-state index contributed by atoms with van der Waals surface area (Å²) in [4.78, 5) is 3.30. The van der Waals surface area contributed by atoms with E-state index in [0.29, 0.717) is 5.84 Å². The van der Waals surface area contributed by atoms with E-state index in [1.54, 1.807) is 6.92 Å². The fraction of sp³-hybridized carbons (Fsp3) is 0.250. The van der Waals surface area contributed by atoms with E-state index in [2.05, 4.69) is 21.9 Å². The van der Waals surface area contributed by atoms with Crippen molar-refractivity contribution in [2.24, 2.45) is 20.9 Å². The third-order valence-electron chi connectivity index (χ3n) is 0.349. The standard InChI is InChI=1S/C4H8N4/c1-4(5)8-7-3-6-2/h3H,2H2,1H3,(H2,5,8)/b7-3-. The molecule has 0 aromatic heterocycles. The number of amidine groups is 1. The van der Waals surface area contributed by atoms with Gasteiger partial charge >= 0.3 is 0 Å². The van der Waals surface area contributed by atoms with Crippen LogP contribution in [-0.2, 0) is 0 Å². The van der Waals surface area contributed by atoms with Crippen LogP contribution in [0.2, 0.25) is 0 Å². The predicted molar refractivity (Wildman–Crippen MR) is 35.3 cm³/mol. The first-order valence-corrected chi connectivity index (χ1v) is 2.04. The molecule has 0 aliphatic rings. The van der Waals surface area contributed by atoms with Gasteiger partial charge in [0.05, 0.1) is 0 Å². The van der Waals surface area contributed by atoms with Gasteiger partial charge in [-0.25, -0.2) is 0 Å². The van der Waals surface area contributed by atoms with Gasteiger partial charge in [0.1, 0.15) is 12.2 Å². The molecule has 0 heterocycles. The SMILES string of the molecule is C=N/C=N\N=C(\C)N. The highest BCUT2D eigenvalue weighted by molar-refractivity contribution is 5.77. The molecular weight excluding hydrogens is 104 g/mol. The Kier molecular flexibility index (Phi) is 3.39. The number of nitrogens with two attached hydrogens (primary N) is 1. The van der Waals surface area contributed by atoms with E-state index in [0.717, 1.165) is 0 Å². The summed E-state index contributed by atoms with van der Waals surface area (Å²) in [6, 6.07) is 0. The Bertz CT molecular complexity index is 120. The van der Waals surface area contributed by atoms with Gasteiger partial charge in [-0.3, -0.25) is 4.99 Å². The summed E-state index contributed by atoms with van der Waals surface area (Å²) in [5.74, 6) is 0.407. The van der Waals surface area contributed by atoms with Crippen molar-refractivity contribution in [1.82, 2.24) is 0 Å². The maximum absolute atomic E-state index is 5.11. The fourth-order valence-electron chi connectivity index (χ4n) is 0.153. The molecule has 2 N–H and O–H groups in total. The molecule has 4 heteroatoms. The molecule has 0 fully saturated rings. The molecule has 0 spiro atoms. The smallest absolute Gasteiger partial charge is 0.137 e. The Balaban J connectivity index is 3.57. The normalized spacial score (nSPS) is 12.4. The molecular formula is C4H8N4. The van der Waals surface area contributed by atoms with Crippen molar-refractivity contribution in [3.63, 3.8) is 0 Å². The number of nitrogens with zero attached hydrogens (tertiary/aromatic N) is 3. The van der Waals surface area contributed by atoms with Gasteiger partial charge in [0.2, 0.25) is 0 Å². The zero-order chi connectivity index (χ0) is 6.41. The molecule has 0 amide bonds. The molecule has 0 radical (unpaired) electrons. The van der Waals surface area contributed by atoms with E-state index in [-0.39, 0.29) is 0 Å². The Morgan fingerprint density at radius 2 is 2.38 bits per heavy atom. The second-order valence-corrected chi connectivity index (χ2v) is 1.15. The first-order valence-electron chi connectivity index (χ1n) is 2.04. The summed E-state index contributed by atoms with van der Waals surface area (Å²) in [5.41, 5.74) is 5.11. The van der Waals surface area contributed by atoms with E-state index in [9.17, 15) is 0 Å². The molecule has 0 bridgehead atoms. The number of hydrogen-bond donors (Lipinski definition) is 1. The molecule has 0 aliphatic heterocycles. The molecule has 0 aliphatic carbocycles. The number of hydrogen-bond acceptors (Lipinski definition) is 2. The highest BCUT2D eigenvalue weighted by Crippen LogP contribution is 1.68. The summed E-state index contributed by atoms with van der Waals surface area (Å²) in [7, 11) is 0. The quantitative estimate of drug-likeness (QED) is 0.305. The molecule has 0 unspecified atom stereocenters. The van der Waals surface area contributed by atoms with Crippen LogP contribution in [0.3, 0.4) is 0 Å². The monoisotopic (exact) mass is 112 g/mol. The lowest BCUT2D eigenvalue weighted by molar-refractivity contribution is 1.22. The summed E-state index contributed by atoms with van der Waals surface area (Å²) in [6.45, 7) is 4.79. The van der Waals surface area contributed by atoms with Crippen LogP contribution in [0.15, 0.2) is 15.2 Å². The van der Waals surface area contributed by atoms with Crippen molar-refractivity contribution in [3.8, 4) is 0 Å². The van der Waals surface area contributed by atoms with Crippen molar-refractivity contribution in [2.45, 2.75) is 6.92 Å². The van der Waals surface area contributed by atoms with E-state index in [1.807, 2.05) is 0 Å². The maximum Gasteiger partial charge on any atom is 0.137 e. The summed E-state index contributed by atoms with van der Waals surface area (Å²) < 4.78 is 0. The van der Waals surface area contributed by atoms with Crippen LogP contribution in [0.1, 0.15) is 6.92 Å². The Morgan fingerprint density at radius 3 is 2.75 bits per heavy atom. The zero-order valence-electron chi connectivity index (χ0n) is 4.70. The Morgan fingerprint density at radius 1 is 1.75 bits per heavy atom. The lowest BCUT2D eigenvalue weighted by Crippen LogP contribution is -2.03. The lowest BCUT2D eigenvalue weighted by atomic mass is 10.7. The third kappa shape index (κ3) is 4.81. The van der Waals surface area contributed by atoms with Crippen molar-refractivity contribution >= 4 is 18.9 Å². The zero-order valence-corrected chi connectivity index (χ0v) is 4.70. The van der Waals surface area contributed by atoms with Gasteiger partial charge in [-0.1, -0.05) is 0 Å². The van der Waals surface area contributed by atoms with E-state index in [1.165, 1.54) is 6.34 Å². The van der Waals surface area contributed by atoms with Gasteiger partial charge < -0.3 is 5.73 Å². The van der Waals surface area contributed by atoms with Crippen molar-refractivity contribution in [3.05, 3.63) is 0 Å². The third-order valence-corrected chi connectivity index (χ3v) is 0.349. The maximum atomic E-state index is 5.11. The molecule has 0 rings (SSSR count). The highest BCUT2D eigenvalue weighted by Gasteiger charge is 1.68. The average Bonchev–Trinajstić information content (AvgIpc) is 1.66. The van der Waals surface area contributed by atoms with Crippen molar-refractivity contribution < 1.29 is 0 Å². The highest BCUT2D eigenvalue weighted by atomic mass is 15.2. The average molecular weight is 112 g/mol.